The van der Waals surface area contributed by atoms with Crippen LogP contribution < -0.4 is 5.73 Å². The van der Waals surface area contributed by atoms with E-state index in [0.717, 1.165) is 24.2 Å². The molecule has 4 nitrogen and oxygen atoms in total. The van der Waals surface area contributed by atoms with Crippen molar-refractivity contribution in [2.75, 3.05) is 6.54 Å². The molecule has 0 amide bonds. The molecule has 0 aliphatic heterocycles. The molecule has 1 atom stereocenters. The van der Waals surface area contributed by atoms with Crippen LogP contribution in [0.4, 0.5) is 0 Å². The largest absolute Gasteiger partial charge is 0.330 e. The normalized spacial score (nSPS) is 40.2. The molecule has 4 aliphatic rings. The monoisotopic (exact) mass is 274 g/mol. The Hall–Kier alpha value is -0.900. The molecule has 4 heteroatoms. The van der Waals surface area contributed by atoms with Crippen LogP contribution in [-0.2, 0) is 6.42 Å². The number of nitrogens with two attached hydrogens (primary N) is 1. The van der Waals surface area contributed by atoms with E-state index in [1.165, 1.54) is 44.2 Å². The van der Waals surface area contributed by atoms with Gasteiger partial charge in [-0.3, -0.25) is 0 Å². The van der Waals surface area contributed by atoms with Crippen molar-refractivity contribution in [3.8, 4) is 0 Å². The van der Waals surface area contributed by atoms with Gasteiger partial charge in [-0.25, -0.2) is 4.68 Å². The van der Waals surface area contributed by atoms with E-state index < -0.39 is 0 Å². The van der Waals surface area contributed by atoms with Crippen LogP contribution in [0, 0.1) is 23.2 Å². The second-order valence-corrected chi connectivity index (χ2v) is 7.66. The molecule has 110 valence electrons. The molecule has 4 aliphatic carbocycles. The first-order chi connectivity index (χ1) is 9.70. The second kappa shape index (κ2) is 4.55. The van der Waals surface area contributed by atoms with Gasteiger partial charge in [0.2, 0.25) is 0 Å². The van der Waals surface area contributed by atoms with Crippen LogP contribution in [0.15, 0.2) is 6.20 Å². The van der Waals surface area contributed by atoms with Gasteiger partial charge in [-0.2, -0.15) is 0 Å². The van der Waals surface area contributed by atoms with Crippen LogP contribution in [0.2, 0.25) is 0 Å². The van der Waals surface area contributed by atoms with Gasteiger partial charge in [0.15, 0.2) is 0 Å². The maximum Gasteiger partial charge on any atom is 0.0725 e. The molecule has 2 N–H and O–H groups in total. The van der Waals surface area contributed by atoms with Crippen LogP contribution in [0.3, 0.4) is 0 Å². The minimum atomic E-state index is 0.486. The van der Waals surface area contributed by atoms with Crippen LogP contribution >= 0.6 is 0 Å². The SMILES string of the molecule is CC(n1nncc1CCN)C12CC3CC(CC(C3)C1)C2. The standard InChI is InChI=1S/C16H26N4/c1-11(20-15(2-3-17)10-18-19-20)16-7-12-4-13(8-16)6-14(5-12)9-16/h10-14H,2-9,17H2,1H3. The Balaban J connectivity index is 1.64. The summed E-state index contributed by atoms with van der Waals surface area (Å²) in [5, 5.41) is 8.55. The lowest BCUT2D eigenvalue weighted by atomic mass is 9.48. The van der Waals surface area contributed by atoms with Crippen LogP contribution in [0.5, 0.6) is 0 Å². The molecule has 4 fully saturated rings. The Labute approximate surface area is 121 Å². The fourth-order valence-corrected chi connectivity index (χ4v) is 5.87. The number of aromatic nitrogens is 3. The molecule has 0 aromatic carbocycles. The van der Waals surface area contributed by atoms with E-state index in [-0.39, 0.29) is 0 Å². The molecule has 4 saturated carbocycles. The van der Waals surface area contributed by atoms with Gasteiger partial charge >= 0.3 is 0 Å². The summed E-state index contributed by atoms with van der Waals surface area (Å²) in [6.45, 7) is 3.06. The summed E-state index contributed by atoms with van der Waals surface area (Å²) < 4.78 is 2.19. The molecule has 0 radical (unpaired) electrons. The van der Waals surface area contributed by atoms with Crippen molar-refractivity contribution in [2.45, 2.75) is 57.9 Å². The molecule has 0 spiro atoms. The van der Waals surface area contributed by atoms with E-state index in [9.17, 15) is 0 Å². The fraction of sp³-hybridized carbons (Fsp3) is 0.875. The quantitative estimate of drug-likeness (QED) is 0.918. The van der Waals surface area contributed by atoms with E-state index in [1.54, 1.807) is 0 Å². The summed E-state index contributed by atoms with van der Waals surface area (Å²) in [5.41, 5.74) is 7.44. The number of rotatable bonds is 4. The first-order valence-corrected chi connectivity index (χ1v) is 8.29. The molecule has 20 heavy (non-hydrogen) atoms. The average Bonchev–Trinajstić information content (AvgIpc) is 2.85. The zero-order chi connectivity index (χ0) is 13.7. The van der Waals surface area contributed by atoms with E-state index in [1.807, 2.05) is 6.20 Å². The van der Waals surface area contributed by atoms with E-state index >= 15 is 0 Å². The Morgan fingerprint density at radius 1 is 1.25 bits per heavy atom. The summed E-state index contributed by atoms with van der Waals surface area (Å²) in [6, 6.07) is 0.486. The molecular formula is C16H26N4. The highest BCUT2D eigenvalue weighted by Crippen LogP contribution is 2.63. The molecule has 1 aromatic heterocycles. The van der Waals surface area contributed by atoms with Gasteiger partial charge in [-0.15, -0.1) is 5.10 Å². The van der Waals surface area contributed by atoms with E-state index in [2.05, 4.69) is 21.9 Å². The minimum absolute atomic E-state index is 0.486. The lowest BCUT2D eigenvalue weighted by Crippen LogP contribution is -2.49. The smallest absolute Gasteiger partial charge is 0.0725 e. The Morgan fingerprint density at radius 3 is 2.40 bits per heavy atom. The second-order valence-electron chi connectivity index (χ2n) is 7.66. The Kier molecular flexibility index (Phi) is 2.92. The van der Waals surface area contributed by atoms with Gasteiger partial charge < -0.3 is 5.73 Å². The third kappa shape index (κ3) is 1.84. The zero-order valence-corrected chi connectivity index (χ0v) is 12.5. The van der Waals surface area contributed by atoms with Gasteiger partial charge in [0, 0.05) is 6.42 Å². The average molecular weight is 274 g/mol. The van der Waals surface area contributed by atoms with Gasteiger partial charge in [-0.1, -0.05) is 5.21 Å². The van der Waals surface area contributed by atoms with Gasteiger partial charge in [0.1, 0.15) is 0 Å². The van der Waals surface area contributed by atoms with Crippen molar-refractivity contribution in [3.05, 3.63) is 11.9 Å². The first-order valence-electron chi connectivity index (χ1n) is 8.29. The van der Waals surface area contributed by atoms with Crippen molar-refractivity contribution in [3.63, 3.8) is 0 Å². The third-order valence-electron chi connectivity index (χ3n) is 6.39. The van der Waals surface area contributed by atoms with E-state index in [4.69, 9.17) is 5.73 Å². The summed E-state index contributed by atoms with van der Waals surface area (Å²) in [4.78, 5) is 0. The van der Waals surface area contributed by atoms with Crippen molar-refractivity contribution in [1.82, 2.24) is 15.0 Å². The highest BCUT2D eigenvalue weighted by atomic mass is 15.4. The van der Waals surface area contributed by atoms with Crippen LogP contribution in [0.1, 0.15) is 57.2 Å². The minimum Gasteiger partial charge on any atom is -0.330 e. The van der Waals surface area contributed by atoms with Gasteiger partial charge in [0.05, 0.1) is 17.9 Å². The topological polar surface area (TPSA) is 56.7 Å². The van der Waals surface area contributed by atoms with Crippen molar-refractivity contribution < 1.29 is 0 Å². The van der Waals surface area contributed by atoms with Crippen molar-refractivity contribution in [1.29, 1.82) is 0 Å². The number of hydrogen-bond donors (Lipinski definition) is 1. The van der Waals surface area contributed by atoms with Crippen LogP contribution in [-0.4, -0.2) is 21.5 Å². The summed E-state index contributed by atoms with van der Waals surface area (Å²) in [6.07, 6.45) is 11.6. The van der Waals surface area contributed by atoms with Gasteiger partial charge in [0.25, 0.3) is 0 Å². The molecule has 4 bridgehead atoms. The van der Waals surface area contributed by atoms with Crippen molar-refractivity contribution >= 4 is 0 Å². The van der Waals surface area contributed by atoms with E-state index in [0.29, 0.717) is 18.0 Å². The van der Waals surface area contributed by atoms with Crippen molar-refractivity contribution in [2.24, 2.45) is 28.9 Å². The lowest BCUT2D eigenvalue weighted by molar-refractivity contribution is -0.0817. The maximum atomic E-state index is 5.73. The molecule has 5 rings (SSSR count). The first kappa shape index (κ1) is 12.8. The predicted molar refractivity (Wildman–Crippen MR) is 78.1 cm³/mol. The highest BCUT2D eigenvalue weighted by Gasteiger charge is 2.53. The fourth-order valence-electron chi connectivity index (χ4n) is 5.87. The van der Waals surface area contributed by atoms with Gasteiger partial charge in [-0.05, 0) is 75.2 Å². The lowest BCUT2D eigenvalue weighted by Gasteiger charge is -2.59. The Morgan fingerprint density at radius 2 is 1.85 bits per heavy atom. The summed E-state index contributed by atoms with van der Waals surface area (Å²) >= 11 is 0. The molecule has 1 heterocycles. The number of hydrogen-bond acceptors (Lipinski definition) is 3. The highest BCUT2D eigenvalue weighted by molar-refractivity contribution is 5.07. The molecule has 0 saturated heterocycles. The molecular weight excluding hydrogens is 248 g/mol. The maximum absolute atomic E-state index is 5.73. The summed E-state index contributed by atoms with van der Waals surface area (Å²) in [7, 11) is 0. The molecule has 1 aromatic rings. The molecule has 1 unspecified atom stereocenters. The Bertz CT molecular complexity index is 457. The number of nitrogens with zero attached hydrogens (tertiary/aromatic N) is 3. The predicted octanol–water partition coefficient (Wildman–Crippen LogP) is 2.56. The summed E-state index contributed by atoms with van der Waals surface area (Å²) in [5.74, 6) is 2.97. The third-order valence-corrected chi connectivity index (χ3v) is 6.39. The zero-order valence-electron chi connectivity index (χ0n) is 12.5. The van der Waals surface area contributed by atoms with Crippen LogP contribution in [0.25, 0.3) is 0 Å².